The normalized spacial score (nSPS) is 15.9. The van der Waals surface area contributed by atoms with Crippen molar-refractivity contribution < 1.29 is 8.78 Å². The molecular weight excluding hydrogens is 250 g/mol. The molecule has 0 atom stereocenters. The molecule has 0 saturated heterocycles. The molecular formula is C13H18F2N4. The summed E-state index contributed by atoms with van der Waals surface area (Å²) in [6.07, 6.45) is 2.18. The van der Waals surface area contributed by atoms with Crippen molar-refractivity contribution in [2.45, 2.75) is 32.6 Å². The number of hydrogen-bond donors (Lipinski definition) is 3. The molecule has 0 bridgehead atoms. The summed E-state index contributed by atoms with van der Waals surface area (Å²) in [5.74, 6) is 0.751. The van der Waals surface area contributed by atoms with Crippen LogP contribution in [0.25, 0.3) is 0 Å². The molecule has 19 heavy (non-hydrogen) atoms. The molecule has 3 N–H and O–H groups in total. The van der Waals surface area contributed by atoms with Gasteiger partial charge in [0.25, 0.3) is 6.43 Å². The number of alkyl halides is 2. The summed E-state index contributed by atoms with van der Waals surface area (Å²) >= 11 is 0. The Bertz CT molecular complexity index is 475. The zero-order valence-electron chi connectivity index (χ0n) is 10.8. The van der Waals surface area contributed by atoms with Crippen LogP contribution in [0.4, 0.5) is 8.78 Å². The van der Waals surface area contributed by atoms with E-state index in [0.29, 0.717) is 17.8 Å². The molecule has 0 amide bonds. The van der Waals surface area contributed by atoms with E-state index in [1.54, 1.807) is 6.92 Å². The number of aromatic amines is 1. The Kier molecular flexibility index (Phi) is 4.29. The summed E-state index contributed by atoms with van der Waals surface area (Å²) < 4.78 is 24.8. The minimum atomic E-state index is -2.56. The number of H-pyrrole nitrogens is 1. The quantitative estimate of drug-likeness (QED) is 0.666. The highest BCUT2D eigenvalue weighted by molar-refractivity contribution is 5.95. The van der Waals surface area contributed by atoms with Gasteiger partial charge >= 0.3 is 0 Å². The van der Waals surface area contributed by atoms with Crippen LogP contribution in [0, 0.1) is 11.3 Å². The van der Waals surface area contributed by atoms with Gasteiger partial charge in [-0.25, -0.2) is 8.78 Å². The maximum absolute atomic E-state index is 12.4. The van der Waals surface area contributed by atoms with Crippen molar-refractivity contribution in [3.8, 4) is 0 Å². The summed E-state index contributed by atoms with van der Waals surface area (Å²) in [5, 5.41) is 17.0. The van der Waals surface area contributed by atoms with E-state index in [-0.39, 0.29) is 5.69 Å². The van der Waals surface area contributed by atoms with Gasteiger partial charge in [-0.1, -0.05) is 0 Å². The molecule has 1 fully saturated rings. The van der Waals surface area contributed by atoms with E-state index in [2.05, 4.69) is 15.5 Å². The summed E-state index contributed by atoms with van der Waals surface area (Å²) in [6.45, 7) is 2.61. The molecule has 104 valence electrons. The molecule has 2 rings (SSSR count). The Hall–Kier alpha value is -1.72. The van der Waals surface area contributed by atoms with Crippen LogP contribution in [0.5, 0.6) is 0 Å². The Balaban J connectivity index is 1.95. The molecule has 1 saturated carbocycles. The lowest BCUT2D eigenvalue weighted by Gasteiger charge is -2.06. The lowest BCUT2D eigenvalue weighted by Crippen LogP contribution is -2.13. The van der Waals surface area contributed by atoms with Crippen LogP contribution < -0.4 is 5.32 Å². The third-order valence-electron chi connectivity index (χ3n) is 3.12. The molecule has 0 radical (unpaired) electrons. The van der Waals surface area contributed by atoms with Crippen molar-refractivity contribution in [2.24, 2.45) is 5.92 Å². The maximum atomic E-state index is 12.4. The highest BCUT2D eigenvalue weighted by Gasteiger charge is 2.20. The van der Waals surface area contributed by atoms with Crippen LogP contribution >= 0.6 is 0 Å². The van der Waals surface area contributed by atoms with Crippen LogP contribution in [0.2, 0.25) is 0 Å². The second-order valence-corrected chi connectivity index (χ2v) is 4.94. The topological polar surface area (TPSA) is 64.6 Å². The van der Waals surface area contributed by atoms with E-state index in [9.17, 15) is 8.78 Å². The van der Waals surface area contributed by atoms with Crippen molar-refractivity contribution in [1.82, 2.24) is 15.5 Å². The molecule has 0 spiro atoms. The van der Waals surface area contributed by atoms with Crippen LogP contribution in [0.15, 0.2) is 17.8 Å². The molecule has 1 aromatic heterocycles. The molecule has 4 nitrogen and oxygen atoms in total. The minimum absolute atomic E-state index is 0.247. The second-order valence-electron chi connectivity index (χ2n) is 4.94. The van der Waals surface area contributed by atoms with E-state index in [1.807, 2.05) is 6.20 Å². The van der Waals surface area contributed by atoms with Crippen LogP contribution in [-0.2, 0) is 6.42 Å². The van der Waals surface area contributed by atoms with Crippen molar-refractivity contribution in [3.63, 3.8) is 0 Å². The van der Waals surface area contributed by atoms with Crippen LogP contribution in [0.1, 0.15) is 37.6 Å². The fourth-order valence-corrected chi connectivity index (χ4v) is 1.75. The van der Waals surface area contributed by atoms with Crippen molar-refractivity contribution in [1.29, 1.82) is 5.41 Å². The van der Waals surface area contributed by atoms with E-state index in [1.165, 1.54) is 18.9 Å². The zero-order chi connectivity index (χ0) is 13.8. The number of hydrogen-bond acceptors (Lipinski definition) is 3. The van der Waals surface area contributed by atoms with Gasteiger partial charge < -0.3 is 10.7 Å². The number of allylic oxidation sites excluding steroid dienone is 1. The third kappa shape index (κ3) is 4.15. The van der Waals surface area contributed by atoms with E-state index in [0.717, 1.165) is 18.0 Å². The standard InChI is InChI=1S/C13H18F2N4/c1-8(16)10(7-17-6-9-2-3-9)4-11-5-12(13(14)15)19-18-11/h5,7,9,13,16-17H,2-4,6H2,1H3,(H,18,19)/b10-7-,16-8?. The van der Waals surface area contributed by atoms with Crippen molar-refractivity contribution in [3.05, 3.63) is 29.2 Å². The summed E-state index contributed by atoms with van der Waals surface area (Å²) in [6, 6.07) is 1.35. The summed E-state index contributed by atoms with van der Waals surface area (Å²) in [4.78, 5) is 0. The zero-order valence-corrected chi connectivity index (χ0v) is 10.8. The van der Waals surface area contributed by atoms with E-state index in [4.69, 9.17) is 5.41 Å². The third-order valence-corrected chi connectivity index (χ3v) is 3.12. The molecule has 1 heterocycles. The lowest BCUT2D eigenvalue weighted by molar-refractivity contribution is 0.146. The van der Waals surface area contributed by atoms with Gasteiger partial charge in [0.15, 0.2) is 0 Å². The molecule has 0 aliphatic heterocycles. The first-order chi connectivity index (χ1) is 9.06. The number of nitrogens with one attached hydrogen (secondary N) is 3. The smallest absolute Gasteiger partial charge is 0.282 e. The van der Waals surface area contributed by atoms with Gasteiger partial charge in [-0.05, 0) is 37.3 Å². The van der Waals surface area contributed by atoms with Gasteiger partial charge in [-0.2, -0.15) is 5.10 Å². The highest BCUT2D eigenvalue weighted by Crippen LogP contribution is 2.27. The van der Waals surface area contributed by atoms with Gasteiger partial charge in [0, 0.05) is 30.6 Å². The minimum Gasteiger partial charge on any atom is -0.390 e. The first-order valence-electron chi connectivity index (χ1n) is 6.36. The monoisotopic (exact) mass is 268 g/mol. The summed E-state index contributed by atoms with van der Waals surface area (Å²) in [7, 11) is 0. The largest absolute Gasteiger partial charge is 0.390 e. The molecule has 6 heteroatoms. The van der Waals surface area contributed by atoms with Crippen LogP contribution in [0.3, 0.4) is 0 Å². The van der Waals surface area contributed by atoms with Gasteiger partial charge in [0.1, 0.15) is 5.69 Å². The number of nitrogens with zero attached hydrogens (tertiary/aromatic N) is 1. The lowest BCUT2D eigenvalue weighted by atomic mass is 10.1. The average molecular weight is 268 g/mol. The molecule has 1 aromatic rings. The fourth-order valence-electron chi connectivity index (χ4n) is 1.75. The highest BCUT2D eigenvalue weighted by atomic mass is 19.3. The van der Waals surface area contributed by atoms with E-state index >= 15 is 0 Å². The SMILES string of the molecule is CC(=N)/C(=C\NCC1CC1)Cc1cc(C(F)F)n[nH]1. The van der Waals surface area contributed by atoms with Crippen LogP contribution in [-0.4, -0.2) is 22.5 Å². The molecule has 0 unspecified atom stereocenters. The predicted molar refractivity (Wildman–Crippen MR) is 69.5 cm³/mol. The molecule has 0 aromatic carbocycles. The fraction of sp³-hybridized carbons (Fsp3) is 0.538. The van der Waals surface area contributed by atoms with Gasteiger partial charge in [-0.15, -0.1) is 0 Å². The molecule has 1 aliphatic carbocycles. The van der Waals surface area contributed by atoms with Gasteiger partial charge in [0.2, 0.25) is 0 Å². The predicted octanol–water partition coefficient (Wildman–Crippen LogP) is 2.81. The van der Waals surface area contributed by atoms with E-state index < -0.39 is 6.43 Å². The number of rotatable bonds is 7. The Morgan fingerprint density at radius 1 is 1.63 bits per heavy atom. The van der Waals surface area contributed by atoms with Crippen molar-refractivity contribution >= 4 is 5.71 Å². The Morgan fingerprint density at radius 3 is 2.89 bits per heavy atom. The number of halogens is 2. The van der Waals surface area contributed by atoms with Gasteiger partial charge in [-0.3, -0.25) is 5.10 Å². The Morgan fingerprint density at radius 2 is 2.37 bits per heavy atom. The Labute approximate surface area is 110 Å². The second kappa shape index (κ2) is 5.95. The van der Waals surface area contributed by atoms with Gasteiger partial charge in [0.05, 0.1) is 0 Å². The average Bonchev–Trinajstić information content (AvgIpc) is 3.04. The first-order valence-corrected chi connectivity index (χ1v) is 6.36. The summed E-state index contributed by atoms with van der Waals surface area (Å²) in [5.41, 5.74) is 1.56. The maximum Gasteiger partial charge on any atom is 0.282 e. The number of aromatic nitrogens is 2. The molecule has 1 aliphatic rings. The first kappa shape index (κ1) is 13.7. The van der Waals surface area contributed by atoms with Crippen molar-refractivity contribution in [2.75, 3.05) is 6.54 Å².